The lowest BCUT2D eigenvalue weighted by molar-refractivity contribution is -0.0566. The minimum absolute atomic E-state index is 0.111. The number of carbonyl (C=O) groups excluding carboxylic acids is 1. The van der Waals surface area contributed by atoms with Gasteiger partial charge >= 0.3 is 0 Å². The number of rotatable bonds is 3. The predicted molar refractivity (Wildman–Crippen MR) is 91.4 cm³/mol. The molecule has 0 radical (unpaired) electrons. The van der Waals surface area contributed by atoms with Gasteiger partial charge in [-0.05, 0) is 38.0 Å². The highest BCUT2D eigenvalue weighted by molar-refractivity contribution is 5.94. The Kier molecular flexibility index (Phi) is 4.53. The molecular weight excluding hydrogens is 341 g/mol. The summed E-state index contributed by atoms with van der Waals surface area (Å²) in [6.45, 7) is 5.79. The number of amides is 1. The lowest BCUT2D eigenvalue weighted by Gasteiger charge is -2.32. The molecule has 138 valence electrons. The van der Waals surface area contributed by atoms with Crippen molar-refractivity contribution in [2.75, 3.05) is 6.61 Å². The summed E-state index contributed by atoms with van der Waals surface area (Å²) in [5.41, 5.74) is -0.722. The van der Waals surface area contributed by atoms with Crippen LogP contribution in [0.5, 0.6) is 5.75 Å². The van der Waals surface area contributed by atoms with Gasteiger partial charge in [0.1, 0.15) is 17.2 Å². The van der Waals surface area contributed by atoms with Gasteiger partial charge in [-0.25, -0.2) is 9.37 Å². The Morgan fingerprint density at radius 2 is 2.19 bits per heavy atom. The average Bonchev–Trinajstić information content (AvgIpc) is 2.59. The van der Waals surface area contributed by atoms with E-state index in [1.165, 1.54) is 10.6 Å². The number of aromatic nitrogens is 2. The standard InChI is InChI=1S/C18H20FN3O4/c1-10-8-11(4-5-12(10)19)9-20-15(24)13-14(23)16(25)22-6-7-26-18(2,3)17(22)21-13/h4-5,8,23H,6-7,9H2,1-3H3,(H,20,24). The van der Waals surface area contributed by atoms with E-state index in [-0.39, 0.29) is 30.4 Å². The summed E-state index contributed by atoms with van der Waals surface area (Å²) in [6, 6.07) is 4.48. The van der Waals surface area contributed by atoms with Crippen molar-refractivity contribution in [1.29, 1.82) is 0 Å². The van der Waals surface area contributed by atoms with Crippen LogP contribution in [0.1, 0.15) is 41.3 Å². The van der Waals surface area contributed by atoms with Gasteiger partial charge in [0, 0.05) is 6.54 Å². The van der Waals surface area contributed by atoms with E-state index in [4.69, 9.17) is 4.74 Å². The summed E-state index contributed by atoms with van der Waals surface area (Å²) in [7, 11) is 0. The van der Waals surface area contributed by atoms with Gasteiger partial charge < -0.3 is 15.2 Å². The molecule has 2 N–H and O–H groups in total. The maximum absolute atomic E-state index is 13.3. The topological polar surface area (TPSA) is 93.5 Å². The molecule has 8 heteroatoms. The van der Waals surface area contributed by atoms with Crippen molar-refractivity contribution in [3.05, 3.63) is 57.0 Å². The number of hydrogen-bond acceptors (Lipinski definition) is 5. The minimum atomic E-state index is -0.853. The molecule has 0 bridgehead atoms. The van der Waals surface area contributed by atoms with Crippen molar-refractivity contribution in [3.8, 4) is 5.75 Å². The van der Waals surface area contributed by atoms with Crippen molar-refractivity contribution < 1.29 is 19.0 Å². The lowest BCUT2D eigenvalue weighted by atomic mass is 10.1. The Balaban J connectivity index is 1.89. The number of halogens is 1. The summed E-state index contributed by atoms with van der Waals surface area (Å²) in [4.78, 5) is 29.0. The second-order valence-corrected chi connectivity index (χ2v) is 6.71. The highest BCUT2D eigenvalue weighted by Crippen LogP contribution is 2.27. The summed E-state index contributed by atoms with van der Waals surface area (Å²) in [5.74, 6) is -1.43. The van der Waals surface area contributed by atoms with Crippen molar-refractivity contribution in [2.45, 2.75) is 39.5 Å². The van der Waals surface area contributed by atoms with E-state index < -0.39 is 22.8 Å². The summed E-state index contributed by atoms with van der Waals surface area (Å²) >= 11 is 0. The molecule has 3 rings (SSSR count). The molecule has 0 fully saturated rings. The van der Waals surface area contributed by atoms with Gasteiger partial charge in [-0.3, -0.25) is 14.2 Å². The number of hydrogen-bond donors (Lipinski definition) is 2. The largest absolute Gasteiger partial charge is 0.501 e. The SMILES string of the molecule is Cc1cc(CNC(=O)c2nc3n(c(=O)c2O)CCOC3(C)C)ccc1F. The molecule has 0 aliphatic carbocycles. The second kappa shape index (κ2) is 6.53. The number of aryl methyl sites for hydroxylation is 1. The monoisotopic (exact) mass is 361 g/mol. The Morgan fingerprint density at radius 1 is 1.46 bits per heavy atom. The highest BCUT2D eigenvalue weighted by Gasteiger charge is 2.34. The molecule has 0 saturated heterocycles. The third-order valence-electron chi connectivity index (χ3n) is 4.35. The fraction of sp³-hybridized carbons (Fsp3) is 0.389. The van der Waals surface area contributed by atoms with Crippen molar-refractivity contribution >= 4 is 5.91 Å². The first-order valence-electron chi connectivity index (χ1n) is 8.22. The summed E-state index contributed by atoms with van der Waals surface area (Å²) in [5, 5.41) is 12.7. The fourth-order valence-electron chi connectivity index (χ4n) is 2.91. The molecule has 2 aromatic rings. The minimum Gasteiger partial charge on any atom is -0.501 e. The number of carbonyl (C=O) groups is 1. The molecule has 0 atom stereocenters. The zero-order valence-corrected chi connectivity index (χ0v) is 14.8. The molecule has 0 unspecified atom stereocenters. The second-order valence-electron chi connectivity index (χ2n) is 6.71. The van der Waals surface area contributed by atoms with Crippen LogP contribution in [0.25, 0.3) is 0 Å². The maximum atomic E-state index is 13.3. The van der Waals surface area contributed by atoms with Crippen LogP contribution in [-0.4, -0.2) is 27.2 Å². The third-order valence-corrected chi connectivity index (χ3v) is 4.35. The molecular formula is C18H20FN3O4. The lowest BCUT2D eigenvalue weighted by Crippen LogP contribution is -2.42. The van der Waals surface area contributed by atoms with E-state index in [2.05, 4.69) is 10.3 Å². The normalized spacial score (nSPS) is 15.4. The van der Waals surface area contributed by atoms with Gasteiger partial charge in [0.15, 0.2) is 5.69 Å². The van der Waals surface area contributed by atoms with E-state index in [9.17, 15) is 19.1 Å². The Labute approximate surface area is 149 Å². The quantitative estimate of drug-likeness (QED) is 0.866. The van der Waals surface area contributed by atoms with Crippen LogP contribution < -0.4 is 10.9 Å². The molecule has 1 aliphatic heterocycles. The van der Waals surface area contributed by atoms with Crippen LogP contribution in [0, 0.1) is 12.7 Å². The van der Waals surface area contributed by atoms with Crippen molar-refractivity contribution in [3.63, 3.8) is 0 Å². The van der Waals surface area contributed by atoms with E-state index in [0.29, 0.717) is 17.7 Å². The molecule has 0 saturated carbocycles. The van der Waals surface area contributed by atoms with Crippen LogP contribution in [0.4, 0.5) is 4.39 Å². The van der Waals surface area contributed by atoms with E-state index in [1.54, 1.807) is 32.9 Å². The number of benzene rings is 1. The van der Waals surface area contributed by atoms with Gasteiger partial charge in [0.25, 0.3) is 11.5 Å². The van der Waals surface area contributed by atoms with E-state index >= 15 is 0 Å². The third kappa shape index (κ3) is 3.20. The first-order valence-corrected chi connectivity index (χ1v) is 8.22. The van der Waals surface area contributed by atoms with E-state index in [1.807, 2.05) is 0 Å². The zero-order valence-electron chi connectivity index (χ0n) is 14.8. The van der Waals surface area contributed by atoms with Crippen molar-refractivity contribution in [1.82, 2.24) is 14.9 Å². The van der Waals surface area contributed by atoms with Gasteiger partial charge in [0.2, 0.25) is 5.75 Å². The molecule has 1 aliphatic rings. The Morgan fingerprint density at radius 3 is 2.88 bits per heavy atom. The van der Waals surface area contributed by atoms with Crippen LogP contribution >= 0.6 is 0 Å². The first-order chi connectivity index (χ1) is 12.2. The van der Waals surface area contributed by atoms with Crippen LogP contribution in [0.15, 0.2) is 23.0 Å². The molecule has 1 aromatic heterocycles. The van der Waals surface area contributed by atoms with E-state index in [0.717, 1.165) is 0 Å². The Hall–Kier alpha value is -2.74. The number of aromatic hydroxyl groups is 1. The summed E-state index contributed by atoms with van der Waals surface area (Å²) < 4.78 is 20.2. The molecule has 7 nitrogen and oxygen atoms in total. The smallest absolute Gasteiger partial charge is 0.296 e. The highest BCUT2D eigenvalue weighted by atomic mass is 19.1. The number of nitrogens with zero attached hydrogens (tertiary/aromatic N) is 2. The maximum Gasteiger partial charge on any atom is 0.296 e. The Bertz CT molecular complexity index is 937. The molecule has 1 amide bonds. The first kappa shape index (κ1) is 18.1. The number of ether oxygens (including phenoxy) is 1. The summed E-state index contributed by atoms with van der Waals surface area (Å²) in [6.07, 6.45) is 0. The molecule has 1 aromatic carbocycles. The van der Waals surface area contributed by atoms with Crippen LogP contribution in [-0.2, 0) is 23.4 Å². The molecule has 0 spiro atoms. The van der Waals surface area contributed by atoms with Crippen LogP contribution in [0.2, 0.25) is 0 Å². The van der Waals surface area contributed by atoms with Crippen molar-refractivity contribution in [2.24, 2.45) is 0 Å². The van der Waals surface area contributed by atoms with Crippen LogP contribution in [0.3, 0.4) is 0 Å². The van der Waals surface area contributed by atoms with Gasteiger partial charge in [-0.15, -0.1) is 0 Å². The van der Waals surface area contributed by atoms with Gasteiger partial charge in [-0.2, -0.15) is 0 Å². The predicted octanol–water partition coefficient (Wildman–Crippen LogP) is 1.59. The molecule has 26 heavy (non-hydrogen) atoms. The molecule has 2 heterocycles. The van der Waals surface area contributed by atoms with Gasteiger partial charge in [-0.1, -0.05) is 12.1 Å². The number of fused-ring (bicyclic) bond motifs is 1. The average molecular weight is 361 g/mol. The fourth-order valence-corrected chi connectivity index (χ4v) is 2.91. The zero-order chi connectivity index (χ0) is 19.1. The number of nitrogens with one attached hydrogen (secondary N) is 1. The van der Waals surface area contributed by atoms with Gasteiger partial charge in [0.05, 0.1) is 13.2 Å².